The highest BCUT2D eigenvalue weighted by Crippen LogP contribution is 2.39. The molecule has 0 bridgehead atoms. The van der Waals surface area contributed by atoms with Gasteiger partial charge in [0, 0.05) is 21.0 Å². The van der Waals surface area contributed by atoms with Crippen molar-refractivity contribution >= 4 is 33.3 Å². The summed E-state index contributed by atoms with van der Waals surface area (Å²) in [6, 6.07) is 12.7. The fourth-order valence-electron chi connectivity index (χ4n) is 2.53. The number of Topliss-reactive ketones (excluding diaryl/α,β-unsaturated/α-hetero) is 1. The summed E-state index contributed by atoms with van der Waals surface area (Å²) in [6.45, 7) is 0. The van der Waals surface area contributed by atoms with Gasteiger partial charge in [0.15, 0.2) is 5.78 Å². The number of halogens is 2. The van der Waals surface area contributed by atoms with Crippen LogP contribution >= 0.6 is 27.5 Å². The number of carbonyl (C=O) groups excluding carboxylic acids is 1. The van der Waals surface area contributed by atoms with E-state index in [1.165, 1.54) is 0 Å². The highest BCUT2D eigenvalue weighted by Gasteiger charge is 2.39. The van der Waals surface area contributed by atoms with Crippen LogP contribution in [-0.2, 0) is 0 Å². The Morgan fingerprint density at radius 2 is 1.79 bits per heavy atom. The molecule has 1 N–H and O–H groups in total. The topological polar surface area (TPSA) is 37.3 Å². The van der Waals surface area contributed by atoms with E-state index < -0.39 is 6.10 Å². The number of rotatable bonds is 1. The van der Waals surface area contributed by atoms with Gasteiger partial charge in [0.25, 0.3) is 0 Å². The summed E-state index contributed by atoms with van der Waals surface area (Å²) in [5, 5.41) is 10.8. The molecule has 96 valence electrons. The SMILES string of the molecule is O=C1c2ccc(Br)cc2[C@@H](c2ccc(Cl)cc2)[C@H]1O. The zero-order valence-electron chi connectivity index (χ0n) is 9.81. The highest BCUT2D eigenvalue weighted by molar-refractivity contribution is 9.10. The van der Waals surface area contributed by atoms with Crippen molar-refractivity contribution in [2.24, 2.45) is 0 Å². The minimum absolute atomic E-state index is 0.220. The molecule has 0 unspecified atom stereocenters. The highest BCUT2D eigenvalue weighted by atomic mass is 79.9. The maximum atomic E-state index is 12.1. The van der Waals surface area contributed by atoms with E-state index in [9.17, 15) is 9.90 Å². The Morgan fingerprint density at radius 1 is 1.11 bits per heavy atom. The fourth-order valence-corrected chi connectivity index (χ4v) is 3.03. The summed E-state index contributed by atoms with van der Waals surface area (Å²) in [4.78, 5) is 12.1. The molecule has 0 amide bonds. The third-order valence-electron chi connectivity index (χ3n) is 3.43. The molecule has 2 aromatic carbocycles. The number of aliphatic hydroxyl groups is 1. The Kier molecular flexibility index (Phi) is 3.21. The lowest BCUT2D eigenvalue weighted by molar-refractivity contribution is 0.0754. The van der Waals surface area contributed by atoms with Gasteiger partial charge in [0.1, 0.15) is 6.10 Å². The van der Waals surface area contributed by atoms with Crippen LogP contribution in [0.5, 0.6) is 0 Å². The molecule has 3 rings (SSSR count). The van der Waals surface area contributed by atoms with Gasteiger partial charge < -0.3 is 5.11 Å². The third-order valence-corrected chi connectivity index (χ3v) is 4.17. The van der Waals surface area contributed by atoms with Crippen molar-refractivity contribution in [3.05, 3.63) is 68.7 Å². The van der Waals surface area contributed by atoms with E-state index in [4.69, 9.17) is 11.6 Å². The van der Waals surface area contributed by atoms with Gasteiger partial charge in [-0.15, -0.1) is 0 Å². The molecule has 2 nitrogen and oxygen atoms in total. The van der Waals surface area contributed by atoms with Crippen LogP contribution in [0.1, 0.15) is 27.4 Å². The van der Waals surface area contributed by atoms with Crippen LogP contribution in [0.3, 0.4) is 0 Å². The van der Waals surface area contributed by atoms with Crippen LogP contribution in [-0.4, -0.2) is 17.0 Å². The van der Waals surface area contributed by atoms with Gasteiger partial charge in [-0.3, -0.25) is 4.79 Å². The molecular formula is C15H10BrClO2. The average molecular weight is 338 g/mol. The van der Waals surface area contributed by atoms with Crippen molar-refractivity contribution in [1.82, 2.24) is 0 Å². The van der Waals surface area contributed by atoms with Crippen molar-refractivity contribution in [3.63, 3.8) is 0 Å². The number of carbonyl (C=O) groups is 1. The van der Waals surface area contributed by atoms with Crippen LogP contribution < -0.4 is 0 Å². The standard InChI is InChI=1S/C15H10BrClO2/c16-9-3-6-11-12(7-9)13(15(19)14(11)18)8-1-4-10(17)5-2-8/h1-7,13,15,19H/t13-,15-/m1/s1. The molecule has 0 heterocycles. The largest absolute Gasteiger partial charge is 0.384 e. The Bertz CT molecular complexity index is 652. The first-order valence-corrected chi connectivity index (χ1v) is 7.02. The van der Waals surface area contributed by atoms with Crippen LogP contribution in [0.2, 0.25) is 5.02 Å². The predicted molar refractivity (Wildman–Crippen MR) is 77.8 cm³/mol. The quantitative estimate of drug-likeness (QED) is 0.859. The second-order valence-electron chi connectivity index (χ2n) is 4.57. The zero-order chi connectivity index (χ0) is 13.6. The molecular weight excluding hydrogens is 328 g/mol. The Labute approximate surface area is 124 Å². The van der Waals surface area contributed by atoms with Crippen molar-refractivity contribution in [3.8, 4) is 0 Å². The van der Waals surface area contributed by atoms with Gasteiger partial charge in [0.05, 0.1) is 0 Å². The third kappa shape index (κ3) is 2.12. The van der Waals surface area contributed by atoms with E-state index >= 15 is 0 Å². The molecule has 0 saturated heterocycles. The van der Waals surface area contributed by atoms with Crippen molar-refractivity contribution in [2.45, 2.75) is 12.0 Å². The molecule has 1 aliphatic rings. The number of hydrogen-bond donors (Lipinski definition) is 1. The van der Waals surface area contributed by atoms with Gasteiger partial charge in [-0.05, 0) is 41.5 Å². The van der Waals surface area contributed by atoms with E-state index in [0.717, 1.165) is 15.6 Å². The van der Waals surface area contributed by atoms with Crippen LogP contribution in [0, 0.1) is 0 Å². The molecule has 0 saturated carbocycles. The first-order chi connectivity index (χ1) is 9.08. The van der Waals surface area contributed by atoms with E-state index in [1.807, 2.05) is 24.3 Å². The lowest BCUT2D eigenvalue weighted by atomic mass is 9.91. The van der Waals surface area contributed by atoms with Gasteiger partial charge in [-0.1, -0.05) is 39.7 Å². The molecule has 2 aromatic rings. The van der Waals surface area contributed by atoms with E-state index in [1.54, 1.807) is 18.2 Å². The van der Waals surface area contributed by atoms with Crippen molar-refractivity contribution < 1.29 is 9.90 Å². The molecule has 1 aliphatic carbocycles. The van der Waals surface area contributed by atoms with Gasteiger partial charge in [-0.25, -0.2) is 0 Å². The van der Waals surface area contributed by atoms with Crippen molar-refractivity contribution in [2.75, 3.05) is 0 Å². The minimum atomic E-state index is -1.02. The zero-order valence-corrected chi connectivity index (χ0v) is 12.1. The van der Waals surface area contributed by atoms with E-state index in [-0.39, 0.29) is 11.7 Å². The predicted octanol–water partition coefficient (Wildman–Crippen LogP) is 3.79. The molecule has 2 atom stereocenters. The molecule has 0 fully saturated rings. The van der Waals surface area contributed by atoms with Crippen LogP contribution in [0.4, 0.5) is 0 Å². The summed E-state index contributed by atoms with van der Waals surface area (Å²) in [6.07, 6.45) is -1.02. The molecule has 0 spiro atoms. The Hall–Kier alpha value is -1.16. The summed E-state index contributed by atoms with van der Waals surface area (Å²) >= 11 is 9.27. The van der Waals surface area contributed by atoms with Crippen LogP contribution in [0.15, 0.2) is 46.9 Å². The normalized spacial score (nSPS) is 21.5. The lowest BCUT2D eigenvalue weighted by Gasteiger charge is -2.15. The summed E-state index contributed by atoms with van der Waals surface area (Å²) in [5.74, 6) is -0.542. The summed E-state index contributed by atoms with van der Waals surface area (Å²) in [7, 11) is 0. The molecule has 0 radical (unpaired) electrons. The summed E-state index contributed by atoms with van der Waals surface area (Å²) in [5.41, 5.74) is 2.34. The second kappa shape index (κ2) is 4.75. The monoisotopic (exact) mass is 336 g/mol. The second-order valence-corrected chi connectivity index (χ2v) is 5.92. The first kappa shape index (κ1) is 12.9. The number of hydrogen-bond acceptors (Lipinski definition) is 2. The Morgan fingerprint density at radius 3 is 2.47 bits per heavy atom. The average Bonchev–Trinajstić information content (AvgIpc) is 2.63. The Balaban J connectivity index is 2.15. The number of benzene rings is 2. The summed E-state index contributed by atoms with van der Waals surface area (Å²) < 4.78 is 0.895. The maximum Gasteiger partial charge on any atom is 0.192 e. The fraction of sp³-hybridized carbons (Fsp3) is 0.133. The number of fused-ring (bicyclic) bond motifs is 1. The minimum Gasteiger partial charge on any atom is -0.384 e. The molecule has 4 heteroatoms. The van der Waals surface area contributed by atoms with Gasteiger partial charge in [-0.2, -0.15) is 0 Å². The van der Waals surface area contributed by atoms with Gasteiger partial charge in [0.2, 0.25) is 0 Å². The first-order valence-electron chi connectivity index (χ1n) is 5.85. The van der Waals surface area contributed by atoms with Crippen molar-refractivity contribution in [1.29, 1.82) is 0 Å². The lowest BCUT2D eigenvalue weighted by Crippen LogP contribution is -2.20. The maximum absolute atomic E-state index is 12.1. The van der Waals surface area contributed by atoms with Gasteiger partial charge >= 0.3 is 0 Å². The van der Waals surface area contributed by atoms with Crippen LogP contribution in [0.25, 0.3) is 0 Å². The molecule has 19 heavy (non-hydrogen) atoms. The molecule has 0 aliphatic heterocycles. The van der Waals surface area contributed by atoms with E-state index in [0.29, 0.717) is 10.6 Å². The number of aliphatic hydroxyl groups excluding tert-OH is 1. The number of ketones is 1. The van der Waals surface area contributed by atoms with E-state index in [2.05, 4.69) is 15.9 Å². The molecule has 0 aromatic heterocycles. The smallest absolute Gasteiger partial charge is 0.192 e.